The molecule has 0 radical (unpaired) electrons. The molecule has 8 aromatic rings. The zero-order chi connectivity index (χ0) is 104. The van der Waals surface area contributed by atoms with E-state index in [1.54, 1.807) is 11.9 Å². The lowest BCUT2D eigenvalue weighted by atomic mass is 9.98. The molecule has 0 heterocycles. The predicted octanol–water partition coefficient (Wildman–Crippen LogP) is 13.5. The van der Waals surface area contributed by atoms with Crippen molar-refractivity contribution < 1.29 is 81.3 Å². The number of amides is 9. The number of unbranched alkanes of at least 4 members (excludes halogenated alkanes) is 15. The number of carbonyl (C=O) groups excluding carboxylic acids is 13. The monoisotopic (exact) mass is 2010 g/mol. The molecule has 30 heteroatoms. The molecular formula is C117H151N13O17. The van der Waals surface area contributed by atoms with E-state index in [2.05, 4.69) is 145 Å². The van der Waals surface area contributed by atoms with Gasteiger partial charge in [-0.15, -0.1) is 0 Å². The lowest BCUT2D eigenvalue weighted by Crippen LogP contribution is -2.48. The maximum Gasteiger partial charge on any atom is 0.319 e. The molecule has 12 rings (SSSR count). The van der Waals surface area contributed by atoms with Crippen molar-refractivity contribution in [2.45, 2.75) is 198 Å². The number of fused-ring (bicyclic) bond motifs is 12. The van der Waals surface area contributed by atoms with Crippen LogP contribution in [0.5, 0.6) is 0 Å². The van der Waals surface area contributed by atoms with Gasteiger partial charge in [0.25, 0.3) is 0 Å². The second-order valence-corrected chi connectivity index (χ2v) is 38.5. The van der Waals surface area contributed by atoms with Crippen molar-refractivity contribution in [3.63, 3.8) is 0 Å². The number of carbonyl (C=O) groups is 13. The van der Waals surface area contributed by atoms with Crippen molar-refractivity contribution in [3.05, 3.63) is 239 Å². The second kappa shape index (κ2) is 62.0. The molecule has 9 amide bonds. The van der Waals surface area contributed by atoms with Gasteiger partial charge in [-0.05, 0) is 179 Å². The number of likely N-dealkylation sites (N-methyl/N-ethyl adjacent to an activating group) is 1. The van der Waals surface area contributed by atoms with Crippen molar-refractivity contribution in [2.24, 2.45) is 0 Å². The Balaban J connectivity index is 0.614. The Kier molecular flexibility index (Phi) is 47.4. The van der Waals surface area contributed by atoms with Crippen LogP contribution in [0.2, 0.25) is 0 Å². The molecule has 0 atom stereocenters. The number of nitrogens with one attached hydrogen (secondary N) is 9. The highest BCUT2D eigenvalue weighted by Gasteiger charge is 2.35. The zero-order valence-corrected chi connectivity index (χ0v) is 85.9. The molecule has 0 fully saturated rings. The second-order valence-electron chi connectivity index (χ2n) is 38.5. The van der Waals surface area contributed by atoms with E-state index in [1.165, 1.54) is 14.7 Å². The Hall–Kier alpha value is -13.3. The van der Waals surface area contributed by atoms with E-state index in [4.69, 9.17) is 18.9 Å². The first-order valence-corrected chi connectivity index (χ1v) is 53.4. The lowest BCUT2D eigenvalue weighted by molar-refractivity contribution is -0.143. The molecule has 0 unspecified atom stereocenters. The third-order valence-electron chi connectivity index (χ3n) is 27.9. The van der Waals surface area contributed by atoms with Crippen molar-refractivity contribution in [2.75, 3.05) is 164 Å². The zero-order valence-electron chi connectivity index (χ0n) is 85.9. The van der Waals surface area contributed by atoms with Crippen LogP contribution in [0.15, 0.2) is 194 Å². The first-order chi connectivity index (χ1) is 71.8. The number of nitrogens with zero attached hydrogens (tertiary/aromatic N) is 4. The first-order valence-electron chi connectivity index (χ1n) is 53.4. The minimum Gasteiger partial charge on any atom is -0.464 e. The summed E-state index contributed by atoms with van der Waals surface area (Å²) in [7, 11) is 1.66. The average Bonchev–Trinajstić information content (AvgIpc) is 1.63. The fraction of sp³-hybridized carbons (Fsp3) is 0.479. The summed E-state index contributed by atoms with van der Waals surface area (Å²) >= 11 is 0. The highest BCUT2D eigenvalue weighted by atomic mass is 16.5. The Bertz CT molecular complexity index is 5470. The fourth-order valence-electron chi connectivity index (χ4n) is 19.9. The molecule has 0 saturated heterocycles. The Labute approximate surface area is 866 Å². The number of ether oxygens (including phenoxy) is 4. The van der Waals surface area contributed by atoms with Crippen LogP contribution < -0.4 is 47.9 Å². The van der Waals surface area contributed by atoms with Gasteiger partial charge in [0.05, 0.1) is 45.8 Å². The van der Waals surface area contributed by atoms with Crippen LogP contribution in [-0.2, 0) is 81.3 Å². The van der Waals surface area contributed by atoms with Crippen molar-refractivity contribution in [1.82, 2.24) is 67.5 Å². The van der Waals surface area contributed by atoms with Crippen LogP contribution in [0.3, 0.4) is 0 Å². The Morgan fingerprint density at radius 3 is 0.714 bits per heavy atom. The summed E-state index contributed by atoms with van der Waals surface area (Å²) < 4.78 is 23.2. The van der Waals surface area contributed by atoms with E-state index < -0.39 is 30.2 Å². The summed E-state index contributed by atoms with van der Waals surface area (Å²) in [6.45, 7) is 4.30. The van der Waals surface area contributed by atoms with Crippen molar-refractivity contribution >= 4 is 77.0 Å². The number of rotatable bonds is 70. The molecule has 0 aliphatic heterocycles. The summed E-state index contributed by atoms with van der Waals surface area (Å²) in [6, 6.07) is 65.2. The number of hydrogen-bond acceptors (Lipinski definition) is 21. The van der Waals surface area contributed by atoms with Gasteiger partial charge in [-0.2, -0.15) is 0 Å². The quantitative estimate of drug-likeness (QED) is 0.00971. The Morgan fingerprint density at radius 2 is 0.442 bits per heavy atom. The van der Waals surface area contributed by atoms with Crippen LogP contribution in [0.25, 0.3) is 44.5 Å². The molecule has 30 nitrogen and oxygen atoms in total. The molecular weight excluding hydrogens is 1860 g/mol. The molecule has 0 spiro atoms. The van der Waals surface area contributed by atoms with Gasteiger partial charge in [0.2, 0.25) is 53.2 Å². The predicted molar refractivity (Wildman–Crippen MR) is 568 cm³/mol. The maximum absolute atomic E-state index is 14.4. The summed E-state index contributed by atoms with van der Waals surface area (Å²) in [5.41, 5.74) is 18.1. The van der Waals surface area contributed by atoms with Crippen molar-refractivity contribution in [1.29, 1.82) is 0 Å². The number of hydrogen-bond donors (Lipinski definition) is 9. The third-order valence-corrected chi connectivity index (χ3v) is 27.9. The van der Waals surface area contributed by atoms with E-state index in [-0.39, 0.29) is 221 Å². The van der Waals surface area contributed by atoms with Crippen LogP contribution in [-0.4, -0.2) is 261 Å². The lowest BCUT2D eigenvalue weighted by Gasteiger charge is -2.25. The minimum absolute atomic E-state index is 0.000747. The molecule has 8 aromatic carbocycles. The molecule has 9 N–H and O–H groups in total. The summed E-state index contributed by atoms with van der Waals surface area (Å²) in [5, 5.41) is 27.1. The molecule has 786 valence electrons. The molecule has 4 aliphatic rings. The van der Waals surface area contributed by atoms with Crippen LogP contribution >= 0.6 is 0 Å². The van der Waals surface area contributed by atoms with Crippen molar-refractivity contribution in [3.8, 4) is 44.5 Å². The third kappa shape index (κ3) is 36.1. The summed E-state index contributed by atoms with van der Waals surface area (Å²) in [5.74, 6) is -4.58. The largest absolute Gasteiger partial charge is 0.464 e. The van der Waals surface area contributed by atoms with Gasteiger partial charge in [-0.1, -0.05) is 265 Å². The van der Waals surface area contributed by atoms with Gasteiger partial charge < -0.3 is 86.4 Å². The highest BCUT2D eigenvalue weighted by molar-refractivity contribution is 5.89. The van der Waals surface area contributed by atoms with Gasteiger partial charge >= 0.3 is 23.9 Å². The SMILES string of the molecule is CCC(=O)NCCCCCCCCCCC(=O)NCCN(CC(=O)NCCN(CC(=O)NCCN(CC(=O)NCCN(C)C(=O)CCCCCNCC(=O)OCC1c2ccccc2-c2ccccc21)C(=O)CCCCCNCC(=O)OCC1c2ccccc2-c2ccccc21)C(=O)CCCCCNCC(=O)OCC1c2ccccc2-c2ccccc21)C(=O)CCCCCNCC(=O)OCC1c2ccccc2-c2ccccc21. The van der Waals surface area contributed by atoms with Crippen LogP contribution in [0.1, 0.15) is 242 Å². The van der Waals surface area contributed by atoms with Gasteiger partial charge in [-0.3, -0.25) is 62.3 Å². The molecule has 0 aromatic heterocycles. The topological polar surface area (TPSA) is 380 Å². The molecule has 0 saturated carbocycles. The normalized spacial score (nSPS) is 12.4. The summed E-state index contributed by atoms with van der Waals surface area (Å²) in [4.78, 5) is 181. The van der Waals surface area contributed by atoms with Gasteiger partial charge in [0.15, 0.2) is 0 Å². The van der Waals surface area contributed by atoms with E-state index in [0.717, 1.165) is 147 Å². The van der Waals surface area contributed by atoms with Crippen LogP contribution in [0, 0.1) is 0 Å². The van der Waals surface area contributed by atoms with Gasteiger partial charge in [0.1, 0.15) is 26.4 Å². The fourth-order valence-corrected chi connectivity index (χ4v) is 19.9. The first kappa shape index (κ1) is 112. The summed E-state index contributed by atoms with van der Waals surface area (Å²) in [6.07, 6.45) is 16.1. The van der Waals surface area contributed by atoms with E-state index in [9.17, 15) is 62.3 Å². The van der Waals surface area contributed by atoms with Gasteiger partial charge in [-0.25, -0.2) is 0 Å². The number of benzene rings is 8. The van der Waals surface area contributed by atoms with E-state index >= 15 is 0 Å². The molecule has 4 aliphatic carbocycles. The molecule has 147 heavy (non-hydrogen) atoms. The average molecular weight is 2010 g/mol. The van der Waals surface area contributed by atoms with Crippen LogP contribution in [0.4, 0.5) is 0 Å². The van der Waals surface area contributed by atoms with Gasteiger partial charge in [0, 0.05) is 128 Å². The Morgan fingerprint density at radius 1 is 0.231 bits per heavy atom. The minimum atomic E-state index is -0.576. The maximum atomic E-state index is 14.4. The van der Waals surface area contributed by atoms with E-state index in [1.807, 2.05) is 104 Å². The molecule has 0 bridgehead atoms. The highest BCUT2D eigenvalue weighted by Crippen LogP contribution is 2.48. The standard InChI is InChI=1S/C117H151N13O17/c1-3-105(131)122-65-39-9-7-5-4-6-8-14-56-106(132)123-67-71-128(111(137)58-16-11-36-62-119-75-115(141)145-82-102-95-50-29-21-42-87(95)88-43-22-30-51-96(88)102)79-108(134)125-69-73-130(113(139)60-18-13-38-64-121-77-117(143)147-84-104-99-54-33-25-46-91(99)92-47-26-34-55-100(92)104)80-109(135)126-68-72-129(112(138)59-17-12-37-63-120-76-116(142)146-83-103-97-52-31-23-44-89(97)90-45-24-32-53-98(90)103)78-107(133)124-66-70-127(2)110(136)57-15-10-35-61-118-74-114(140)144-81-101-93-48-27-19-40-85(93)86-41-20-28-49-94(86)101/h19-34,40-55,101-104,118-121H,3-18,35-39,56-84H2,1-2H3,(H,122,131)(H,123,132)(H,124,133)(H,125,134)(H,126,135). The smallest absolute Gasteiger partial charge is 0.319 e. The number of esters is 4. The van der Waals surface area contributed by atoms with E-state index in [0.29, 0.717) is 116 Å².